The van der Waals surface area contributed by atoms with E-state index >= 15 is 0 Å². The second-order valence-electron chi connectivity index (χ2n) is 6.52. The number of allylic oxidation sites excluding steroid dienone is 1. The minimum Gasteiger partial charge on any atom is -0.489 e. The van der Waals surface area contributed by atoms with Gasteiger partial charge in [-0.3, -0.25) is 5.32 Å². The Balaban J connectivity index is 2.15. The fourth-order valence-electron chi connectivity index (χ4n) is 2.76. The number of methoxy groups -OCH3 is 1. The lowest BCUT2D eigenvalue weighted by atomic mass is 10.1. The minimum absolute atomic E-state index is 0.289. The Morgan fingerprint density at radius 1 is 1.21 bits per heavy atom. The molecule has 0 saturated carbocycles. The van der Waals surface area contributed by atoms with Crippen molar-refractivity contribution in [1.82, 2.24) is 5.32 Å². The molecule has 154 valence electrons. The maximum atomic E-state index is 11.6. The predicted octanol–water partition coefficient (Wildman–Crippen LogP) is 4.77. The van der Waals surface area contributed by atoms with Crippen LogP contribution in [0.4, 0.5) is 10.5 Å². The second-order valence-corrected chi connectivity index (χ2v) is 7.01. The van der Waals surface area contributed by atoms with E-state index in [2.05, 4.69) is 15.4 Å². The van der Waals surface area contributed by atoms with Gasteiger partial charge in [0.2, 0.25) is 0 Å². The average Bonchev–Trinajstić information content (AvgIpc) is 2.68. The monoisotopic (exact) mass is 415 g/mol. The van der Waals surface area contributed by atoms with Crippen molar-refractivity contribution in [2.45, 2.75) is 20.5 Å². The first-order valence-electron chi connectivity index (χ1n) is 9.12. The molecule has 0 aliphatic rings. The fraction of sp³-hybridized carbons (Fsp3) is 0.273. The third-order valence-corrected chi connectivity index (χ3v) is 4.58. The summed E-state index contributed by atoms with van der Waals surface area (Å²) < 4.78 is 10.7. The van der Waals surface area contributed by atoms with E-state index in [1.807, 2.05) is 44.2 Å². The molecule has 2 aromatic rings. The quantitative estimate of drug-likeness (QED) is 0.542. The molecular formula is C22H26ClN3O3. The van der Waals surface area contributed by atoms with Crippen molar-refractivity contribution in [3.8, 4) is 5.75 Å². The number of carbonyl (C=O) groups is 1. The third-order valence-electron chi connectivity index (χ3n) is 4.34. The number of halogens is 1. The standard InChI is InChI=1S/C22H26ClN3O3/c1-14-6-5-7-20(26-22(27)28-4)18(14)13-29-21-9-8-16(10-15(21)2)19(24)11-17(23)12-25-3/h5-11,24-25H,12-13H2,1-4H3,(H,26,27)/b17-11+,24-19?. The molecule has 0 heterocycles. The molecule has 0 atom stereocenters. The Morgan fingerprint density at radius 3 is 2.62 bits per heavy atom. The molecule has 0 aliphatic carbocycles. The zero-order valence-electron chi connectivity index (χ0n) is 17.1. The highest BCUT2D eigenvalue weighted by atomic mass is 35.5. The Hall–Kier alpha value is -2.83. The van der Waals surface area contributed by atoms with E-state index in [1.165, 1.54) is 7.11 Å². The summed E-state index contributed by atoms with van der Waals surface area (Å²) in [4.78, 5) is 11.6. The average molecular weight is 416 g/mol. The number of aryl methyl sites for hydroxylation is 2. The van der Waals surface area contributed by atoms with Crippen LogP contribution in [-0.2, 0) is 11.3 Å². The number of hydrogen-bond donors (Lipinski definition) is 3. The number of hydrogen-bond acceptors (Lipinski definition) is 5. The largest absolute Gasteiger partial charge is 0.489 e. The van der Waals surface area contributed by atoms with Gasteiger partial charge in [0.25, 0.3) is 0 Å². The number of anilines is 1. The van der Waals surface area contributed by atoms with Crippen LogP contribution in [0.5, 0.6) is 5.75 Å². The first kappa shape index (κ1) is 22.5. The van der Waals surface area contributed by atoms with Gasteiger partial charge in [0.1, 0.15) is 12.4 Å². The molecule has 0 saturated heterocycles. The summed E-state index contributed by atoms with van der Waals surface area (Å²) in [6.45, 7) is 4.69. The van der Waals surface area contributed by atoms with Crippen LogP contribution in [0.1, 0.15) is 22.3 Å². The van der Waals surface area contributed by atoms with E-state index in [9.17, 15) is 4.79 Å². The van der Waals surface area contributed by atoms with Gasteiger partial charge in [-0.1, -0.05) is 23.7 Å². The number of rotatable bonds is 8. The van der Waals surface area contributed by atoms with Crippen molar-refractivity contribution in [2.75, 3.05) is 26.0 Å². The van der Waals surface area contributed by atoms with Gasteiger partial charge in [-0.05, 0) is 67.9 Å². The summed E-state index contributed by atoms with van der Waals surface area (Å²) in [6, 6.07) is 11.2. The SMILES string of the molecule is CNC/C(Cl)=C\C(=N)c1ccc(OCc2c(C)cccc2NC(=O)OC)c(C)c1. The van der Waals surface area contributed by atoms with E-state index in [0.29, 0.717) is 28.7 Å². The molecule has 0 aromatic heterocycles. The second kappa shape index (κ2) is 10.6. The number of carbonyl (C=O) groups excluding carboxylic acids is 1. The highest BCUT2D eigenvalue weighted by Crippen LogP contribution is 2.25. The zero-order chi connectivity index (χ0) is 21.4. The summed E-state index contributed by atoms with van der Waals surface area (Å²) in [5.74, 6) is 0.708. The van der Waals surface area contributed by atoms with E-state index in [1.54, 1.807) is 19.2 Å². The van der Waals surface area contributed by atoms with Crippen molar-refractivity contribution < 1.29 is 14.3 Å². The molecule has 0 unspecified atom stereocenters. The van der Waals surface area contributed by atoms with Crippen molar-refractivity contribution in [3.05, 3.63) is 69.8 Å². The van der Waals surface area contributed by atoms with Crippen molar-refractivity contribution in [2.24, 2.45) is 0 Å². The molecule has 2 rings (SSSR count). The summed E-state index contributed by atoms with van der Waals surface area (Å²) in [6.07, 6.45) is 1.10. The molecule has 29 heavy (non-hydrogen) atoms. The summed E-state index contributed by atoms with van der Waals surface area (Å²) in [5.41, 5.74) is 4.52. The molecule has 0 bridgehead atoms. The summed E-state index contributed by atoms with van der Waals surface area (Å²) in [5, 5.41) is 14.4. The molecule has 7 heteroatoms. The van der Waals surface area contributed by atoms with Crippen LogP contribution in [-0.4, -0.2) is 32.5 Å². The summed E-state index contributed by atoms with van der Waals surface area (Å²) in [7, 11) is 3.13. The first-order chi connectivity index (χ1) is 13.8. The van der Waals surface area contributed by atoms with Crippen LogP contribution in [0.15, 0.2) is 47.5 Å². The molecule has 1 amide bonds. The third kappa shape index (κ3) is 6.34. The van der Waals surface area contributed by atoms with E-state index < -0.39 is 6.09 Å². The number of amides is 1. The molecule has 0 spiro atoms. The van der Waals surface area contributed by atoms with Crippen LogP contribution in [0.3, 0.4) is 0 Å². The van der Waals surface area contributed by atoms with Crippen LogP contribution in [0.2, 0.25) is 0 Å². The molecule has 0 aliphatic heterocycles. The van der Waals surface area contributed by atoms with Crippen LogP contribution >= 0.6 is 11.6 Å². The number of nitrogens with one attached hydrogen (secondary N) is 3. The molecular weight excluding hydrogens is 390 g/mol. The lowest BCUT2D eigenvalue weighted by Gasteiger charge is -2.15. The van der Waals surface area contributed by atoms with Crippen molar-refractivity contribution in [1.29, 1.82) is 5.41 Å². The molecule has 0 radical (unpaired) electrons. The highest BCUT2D eigenvalue weighted by Gasteiger charge is 2.11. The maximum absolute atomic E-state index is 11.6. The van der Waals surface area contributed by atoms with Crippen molar-refractivity contribution in [3.63, 3.8) is 0 Å². The van der Waals surface area contributed by atoms with E-state index in [0.717, 1.165) is 22.3 Å². The topological polar surface area (TPSA) is 83.4 Å². The Labute approximate surface area is 176 Å². The molecule has 6 nitrogen and oxygen atoms in total. The first-order valence-corrected chi connectivity index (χ1v) is 9.50. The van der Waals surface area contributed by atoms with Crippen molar-refractivity contribution >= 4 is 29.1 Å². The number of ether oxygens (including phenoxy) is 2. The smallest absolute Gasteiger partial charge is 0.411 e. The van der Waals surface area contributed by atoms with Gasteiger partial charge in [-0.15, -0.1) is 0 Å². The Bertz CT molecular complexity index is 926. The maximum Gasteiger partial charge on any atom is 0.411 e. The zero-order valence-corrected chi connectivity index (χ0v) is 17.8. The lowest BCUT2D eigenvalue weighted by molar-refractivity contribution is 0.187. The normalized spacial score (nSPS) is 11.1. The Morgan fingerprint density at radius 2 is 1.97 bits per heavy atom. The lowest BCUT2D eigenvalue weighted by Crippen LogP contribution is -2.14. The van der Waals surface area contributed by atoms with E-state index in [-0.39, 0.29) is 6.61 Å². The number of benzene rings is 2. The summed E-state index contributed by atoms with van der Waals surface area (Å²) >= 11 is 6.08. The van der Waals surface area contributed by atoms with Crippen LogP contribution in [0, 0.1) is 19.3 Å². The minimum atomic E-state index is -0.527. The van der Waals surface area contributed by atoms with Gasteiger partial charge in [0.15, 0.2) is 0 Å². The highest BCUT2D eigenvalue weighted by molar-refractivity contribution is 6.32. The van der Waals surface area contributed by atoms with Gasteiger partial charge in [0, 0.05) is 17.1 Å². The van der Waals surface area contributed by atoms with Gasteiger partial charge >= 0.3 is 6.09 Å². The van der Waals surface area contributed by atoms with Gasteiger partial charge in [0.05, 0.1) is 18.5 Å². The van der Waals surface area contributed by atoms with Gasteiger partial charge in [-0.2, -0.15) is 0 Å². The molecule has 2 aromatic carbocycles. The molecule has 3 N–H and O–H groups in total. The Kier molecular flexibility index (Phi) is 8.24. The molecule has 0 fully saturated rings. The predicted molar refractivity (Wildman–Crippen MR) is 117 cm³/mol. The number of likely N-dealkylation sites (N-methyl/N-ethyl adjacent to an activating group) is 1. The van der Waals surface area contributed by atoms with Crippen LogP contribution in [0.25, 0.3) is 0 Å². The van der Waals surface area contributed by atoms with E-state index in [4.69, 9.17) is 21.7 Å². The van der Waals surface area contributed by atoms with Crippen LogP contribution < -0.4 is 15.4 Å². The van der Waals surface area contributed by atoms with Gasteiger partial charge in [-0.25, -0.2) is 4.79 Å². The fourth-order valence-corrected chi connectivity index (χ4v) is 3.00. The van der Waals surface area contributed by atoms with Gasteiger partial charge < -0.3 is 20.2 Å².